The molecule has 8 rings (SSSR count). The van der Waals surface area contributed by atoms with Crippen LogP contribution in [0, 0.1) is 0 Å². The zero-order chi connectivity index (χ0) is 54.9. The van der Waals surface area contributed by atoms with Gasteiger partial charge in [-0.15, -0.1) is 0 Å². The third kappa shape index (κ3) is 11.9. The number of ether oxygens (including phenoxy) is 9. The summed E-state index contributed by atoms with van der Waals surface area (Å²) in [5, 5.41) is 167. The Bertz CT molecular complexity index is 2640. The fourth-order valence-corrected chi connectivity index (χ4v) is 8.59. The Hall–Kier alpha value is -5.68. The average molecular weight is 1080 g/mol. The van der Waals surface area contributed by atoms with E-state index in [2.05, 4.69) is 0 Å². The highest BCUT2D eigenvalue weighted by Crippen LogP contribution is 2.44. The first-order chi connectivity index (χ1) is 36.2. The van der Waals surface area contributed by atoms with Gasteiger partial charge in [0.15, 0.2) is 40.8 Å². The van der Waals surface area contributed by atoms with Gasteiger partial charge in [-0.2, -0.15) is 0 Å². The Kier molecular flexibility index (Phi) is 17.8. The second kappa shape index (κ2) is 23.9. The van der Waals surface area contributed by atoms with Crippen LogP contribution in [-0.2, 0) is 33.2 Å². The number of hydrogen-bond acceptors (Lipinski definition) is 28. The van der Waals surface area contributed by atoms with Gasteiger partial charge in [0.2, 0.25) is 18.9 Å². The summed E-state index contributed by atoms with van der Waals surface area (Å²) in [5.41, 5.74) is -0.425. The van der Waals surface area contributed by atoms with E-state index in [1.807, 2.05) is 0 Å². The molecule has 2 aromatic rings. The number of phenolic OH excluding ortho intramolecular Hbond substituents is 2. The standard InChI is InChI=1S/C48H56O28/c49-13-27-32(56)36(60)40(64)45(72-27)69-24-11-20(53)10-23-21(24)12-26(43(68-23)18-3-5-19(52)6-4-18)71-48-44(39(63)34(58)29(15-51)74-48)76-47-42(66)38(62)35(59)30(75-47)16-67-31(55)8-2-17-1-7-22(54)25(9-17)70-46-41(65)37(61)33(57)28(14-50)73-46/h1-12,27-30,32-42,44-52,54,56-66H,13-16H2/b8-2+/t27-,28-,29-,30-,32-,33-,34-,35-,36+,37+,38+,39+,40-,41-,42-,44-,45-,46-,47-,48-/m1/s1. The number of fused-ring (bicyclic) bond motifs is 1. The molecule has 16 N–H and O–H groups in total. The van der Waals surface area contributed by atoms with Crippen molar-refractivity contribution in [3.8, 4) is 51.4 Å². The second-order valence-electron chi connectivity index (χ2n) is 18.1. The van der Waals surface area contributed by atoms with Crippen LogP contribution in [0.1, 0.15) is 5.56 Å². The molecule has 20 atom stereocenters. The minimum atomic E-state index is -2.12. The van der Waals surface area contributed by atoms with E-state index in [4.69, 9.17) is 47.0 Å². The third-order valence-corrected chi connectivity index (χ3v) is 12.9. The number of aromatic hydroxyl groups is 2. The normalized spacial score (nSPS) is 36.0. The fourth-order valence-electron chi connectivity index (χ4n) is 8.59. The van der Waals surface area contributed by atoms with Crippen molar-refractivity contribution in [2.24, 2.45) is 0 Å². The fraction of sp³-hybridized carbons (Fsp3) is 0.500. The second-order valence-corrected chi connectivity index (χ2v) is 18.1. The van der Waals surface area contributed by atoms with E-state index < -0.39 is 166 Å². The van der Waals surface area contributed by atoms with E-state index in [1.54, 1.807) is 0 Å². The van der Waals surface area contributed by atoms with Crippen molar-refractivity contribution >= 4 is 12.0 Å². The van der Waals surface area contributed by atoms with Gasteiger partial charge in [-0.05, 0) is 54.1 Å². The van der Waals surface area contributed by atoms with Gasteiger partial charge >= 0.3 is 5.97 Å². The molecule has 4 fully saturated rings. The number of rotatable bonds is 16. The van der Waals surface area contributed by atoms with Crippen LogP contribution in [0.3, 0.4) is 0 Å². The van der Waals surface area contributed by atoms with Crippen LogP contribution >= 0.6 is 0 Å². The van der Waals surface area contributed by atoms with Crippen LogP contribution < -0.4 is 19.6 Å². The van der Waals surface area contributed by atoms with E-state index in [9.17, 15) is 91.3 Å². The van der Waals surface area contributed by atoms with Crippen molar-refractivity contribution in [2.75, 3.05) is 26.4 Å². The summed E-state index contributed by atoms with van der Waals surface area (Å²) in [7, 11) is 0. The molecule has 6 aliphatic rings. The molecular formula is C48H56O28. The summed E-state index contributed by atoms with van der Waals surface area (Å²) in [6.45, 7) is -3.29. The summed E-state index contributed by atoms with van der Waals surface area (Å²) < 4.78 is 57.3. The highest BCUT2D eigenvalue weighted by atomic mass is 16.8. The number of carbonyl (C=O) groups is 1. The van der Waals surface area contributed by atoms with Gasteiger partial charge in [0, 0.05) is 23.8 Å². The predicted octanol–water partition coefficient (Wildman–Crippen LogP) is -5.55. The first kappa shape index (κ1) is 56.5. The quantitative estimate of drug-likeness (QED) is 0.0367. The first-order valence-corrected chi connectivity index (χ1v) is 23.4. The molecule has 0 spiro atoms. The van der Waals surface area contributed by atoms with Crippen LogP contribution in [0.25, 0.3) is 28.7 Å². The summed E-state index contributed by atoms with van der Waals surface area (Å²) in [4.78, 5) is 25.9. The lowest BCUT2D eigenvalue weighted by atomic mass is 9.97. The number of aliphatic hydroxyl groups excluding tert-OH is 14. The Morgan fingerprint density at radius 1 is 0.526 bits per heavy atom. The SMILES string of the molecule is O=C(/C=C/c1ccc(O)c(O[C@@H]2O[C@H](CO)[C@@H](O)[C@H](O)[C@H]2O)c1)OC[C@H]1O[C@H](O[C@H]2[C@H](Oc3cc4c(O[C@@H]5O[C@H](CO)[C@@H](O)[C@H](O)[C@H]5O)cc(=O)cc-4oc3-c3ccc(O)cc3)O[C@H](CO)[C@@H](O)[C@@H]2O)[C@H](O)[C@@H](O)[C@@H]1O. The monoisotopic (exact) mass is 1080 g/mol. The minimum absolute atomic E-state index is 0.0919. The largest absolute Gasteiger partial charge is 0.508 e. The maximum Gasteiger partial charge on any atom is 0.330 e. The van der Waals surface area contributed by atoms with Crippen molar-refractivity contribution in [1.29, 1.82) is 0 Å². The van der Waals surface area contributed by atoms with Gasteiger partial charge in [-0.25, -0.2) is 4.79 Å². The van der Waals surface area contributed by atoms with Gasteiger partial charge in [0.05, 0.1) is 25.4 Å². The van der Waals surface area contributed by atoms with Gasteiger partial charge in [-0.1, -0.05) is 6.07 Å². The Morgan fingerprint density at radius 2 is 1.04 bits per heavy atom. The number of phenols is 2. The number of hydrogen-bond donors (Lipinski definition) is 16. The first-order valence-electron chi connectivity index (χ1n) is 23.4. The zero-order valence-electron chi connectivity index (χ0n) is 39.4. The lowest BCUT2D eigenvalue weighted by Gasteiger charge is -2.46. The molecule has 0 amide bonds. The van der Waals surface area contributed by atoms with Crippen LogP contribution in [0.4, 0.5) is 0 Å². The number of esters is 1. The maximum atomic E-state index is 13.0. The van der Waals surface area contributed by atoms with Crippen molar-refractivity contribution in [2.45, 2.75) is 123 Å². The molecule has 5 aliphatic heterocycles. The molecule has 28 heteroatoms. The third-order valence-electron chi connectivity index (χ3n) is 12.9. The Labute approximate surface area is 428 Å². The van der Waals surface area contributed by atoms with Crippen molar-refractivity contribution < 1.29 is 134 Å². The summed E-state index contributed by atoms with van der Waals surface area (Å²) in [6.07, 6.45) is -34.2. The highest BCUT2D eigenvalue weighted by molar-refractivity contribution is 5.87. The lowest BCUT2D eigenvalue weighted by molar-refractivity contribution is -0.358. The molecule has 0 bridgehead atoms. The van der Waals surface area contributed by atoms with Gasteiger partial charge < -0.3 is 129 Å². The topological polar surface area (TPSA) is 454 Å². The van der Waals surface area contributed by atoms with E-state index in [-0.39, 0.29) is 51.2 Å². The van der Waals surface area contributed by atoms with E-state index in [0.29, 0.717) is 0 Å². The zero-order valence-corrected chi connectivity index (χ0v) is 39.4. The molecule has 0 aromatic heterocycles. The minimum Gasteiger partial charge on any atom is -0.508 e. The van der Waals surface area contributed by atoms with Crippen molar-refractivity contribution in [3.05, 3.63) is 82.5 Å². The van der Waals surface area contributed by atoms with E-state index in [1.165, 1.54) is 48.5 Å². The Morgan fingerprint density at radius 3 is 1.63 bits per heavy atom. The molecule has 0 radical (unpaired) electrons. The number of carbonyl (C=O) groups excluding carboxylic acids is 1. The smallest absolute Gasteiger partial charge is 0.330 e. The molecule has 76 heavy (non-hydrogen) atoms. The maximum absolute atomic E-state index is 13.0. The summed E-state index contributed by atoms with van der Waals surface area (Å²) in [6, 6.07) is 12.2. The molecule has 2 aromatic carbocycles. The van der Waals surface area contributed by atoms with E-state index in [0.717, 1.165) is 24.3 Å². The number of aliphatic hydroxyl groups is 14. The molecule has 0 unspecified atom stereocenters. The molecule has 4 saturated heterocycles. The molecular weight excluding hydrogens is 1020 g/mol. The van der Waals surface area contributed by atoms with Gasteiger partial charge in [0.25, 0.3) is 0 Å². The average Bonchev–Trinajstić information content (AvgIpc) is 3.41. The van der Waals surface area contributed by atoms with Crippen LogP contribution in [0.5, 0.6) is 28.7 Å². The Balaban J connectivity index is 1.02. The van der Waals surface area contributed by atoms with Crippen molar-refractivity contribution in [1.82, 2.24) is 0 Å². The van der Waals surface area contributed by atoms with Crippen LogP contribution in [0.15, 0.2) is 76.0 Å². The van der Waals surface area contributed by atoms with Crippen LogP contribution in [-0.4, -0.2) is 237 Å². The summed E-state index contributed by atoms with van der Waals surface area (Å²) >= 11 is 0. The van der Waals surface area contributed by atoms with Crippen LogP contribution in [0.2, 0.25) is 0 Å². The molecule has 1 aliphatic carbocycles. The lowest BCUT2D eigenvalue weighted by Crippen LogP contribution is -2.65. The molecule has 416 valence electrons. The number of benzene rings is 3. The van der Waals surface area contributed by atoms with Crippen molar-refractivity contribution in [3.63, 3.8) is 0 Å². The van der Waals surface area contributed by atoms with Gasteiger partial charge in [0.1, 0.15) is 115 Å². The highest BCUT2D eigenvalue weighted by Gasteiger charge is 2.52. The molecule has 28 nitrogen and oxygen atoms in total. The molecule has 0 saturated carbocycles. The molecule has 5 heterocycles. The van der Waals surface area contributed by atoms with Gasteiger partial charge in [-0.3, -0.25) is 4.79 Å². The van der Waals surface area contributed by atoms with E-state index >= 15 is 0 Å². The summed E-state index contributed by atoms with van der Waals surface area (Å²) in [5.74, 6) is -3.10. The predicted molar refractivity (Wildman–Crippen MR) is 246 cm³/mol.